The van der Waals surface area contributed by atoms with Crippen molar-refractivity contribution < 1.29 is 26.4 Å². The number of anilines is 1. The highest BCUT2D eigenvalue weighted by atomic mass is 32.2. The van der Waals surface area contributed by atoms with Crippen molar-refractivity contribution in [2.24, 2.45) is 0 Å². The van der Waals surface area contributed by atoms with Gasteiger partial charge >= 0.3 is 6.18 Å². The molecule has 1 amide bonds. The standard InChI is InChI=1S/C15H13F3N4O3S2/c1-8(22-6-5-12(21-22)15(16,17)18)13(23)20-14-19-10-4-3-9(27(2,24)25)7-11(10)26-14/h3-8H,1-2H3,(H,19,20,23)/t8-/m1/s1. The van der Waals surface area contributed by atoms with Crippen molar-refractivity contribution in [2.45, 2.75) is 24.0 Å². The quantitative estimate of drug-likeness (QED) is 0.703. The van der Waals surface area contributed by atoms with Crippen LogP contribution in [0, 0.1) is 0 Å². The smallest absolute Gasteiger partial charge is 0.300 e. The Labute approximate surface area is 155 Å². The minimum atomic E-state index is -4.59. The van der Waals surface area contributed by atoms with Crippen LogP contribution in [0.15, 0.2) is 35.4 Å². The van der Waals surface area contributed by atoms with Gasteiger partial charge in [-0.3, -0.25) is 9.48 Å². The van der Waals surface area contributed by atoms with E-state index < -0.39 is 33.7 Å². The zero-order valence-corrected chi connectivity index (χ0v) is 15.6. The molecule has 0 radical (unpaired) electrons. The van der Waals surface area contributed by atoms with E-state index in [1.807, 2.05) is 0 Å². The number of thiazole rings is 1. The van der Waals surface area contributed by atoms with Crippen molar-refractivity contribution in [2.75, 3.05) is 11.6 Å². The molecule has 144 valence electrons. The van der Waals surface area contributed by atoms with E-state index >= 15 is 0 Å². The monoisotopic (exact) mass is 418 g/mol. The molecule has 12 heteroatoms. The zero-order valence-electron chi connectivity index (χ0n) is 14.0. The summed E-state index contributed by atoms with van der Waals surface area (Å²) in [5.41, 5.74) is -0.593. The van der Waals surface area contributed by atoms with Crippen LogP contribution in [-0.2, 0) is 20.8 Å². The van der Waals surface area contributed by atoms with Gasteiger partial charge in [-0.25, -0.2) is 13.4 Å². The summed E-state index contributed by atoms with van der Waals surface area (Å²) in [4.78, 5) is 16.6. The molecule has 0 saturated carbocycles. The normalized spacial score (nSPS) is 13.7. The number of aromatic nitrogens is 3. The zero-order chi connectivity index (χ0) is 20.0. The second-order valence-electron chi connectivity index (χ2n) is 5.76. The Morgan fingerprint density at radius 2 is 2.00 bits per heavy atom. The van der Waals surface area contributed by atoms with E-state index in [9.17, 15) is 26.4 Å². The maximum Gasteiger partial charge on any atom is 0.435 e. The Kier molecular flexibility index (Phi) is 4.72. The Balaban J connectivity index is 1.80. The predicted octanol–water partition coefficient (Wildman–Crippen LogP) is 3.11. The highest BCUT2D eigenvalue weighted by molar-refractivity contribution is 7.90. The number of halogens is 3. The summed E-state index contributed by atoms with van der Waals surface area (Å²) < 4.78 is 62.5. The molecule has 0 aliphatic rings. The number of fused-ring (bicyclic) bond motifs is 1. The third-order valence-electron chi connectivity index (χ3n) is 3.69. The van der Waals surface area contributed by atoms with Gasteiger partial charge < -0.3 is 5.32 Å². The van der Waals surface area contributed by atoms with Crippen LogP contribution < -0.4 is 5.32 Å². The third kappa shape index (κ3) is 4.11. The topological polar surface area (TPSA) is 94.0 Å². The molecule has 0 bridgehead atoms. The molecule has 3 aromatic rings. The molecule has 1 N–H and O–H groups in total. The summed E-state index contributed by atoms with van der Waals surface area (Å²) in [6.07, 6.45) is -2.44. The maximum atomic E-state index is 12.6. The third-order valence-corrected chi connectivity index (χ3v) is 5.74. The lowest BCUT2D eigenvalue weighted by molar-refractivity contribution is -0.141. The second kappa shape index (κ2) is 6.60. The Morgan fingerprint density at radius 3 is 2.59 bits per heavy atom. The highest BCUT2D eigenvalue weighted by Crippen LogP contribution is 2.30. The van der Waals surface area contributed by atoms with Crippen molar-refractivity contribution in [1.82, 2.24) is 14.8 Å². The largest absolute Gasteiger partial charge is 0.435 e. The molecule has 0 fully saturated rings. The van der Waals surface area contributed by atoms with E-state index in [0.29, 0.717) is 10.2 Å². The molecule has 3 rings (SSSR count). The first kappa shape index (κ1) is 19.3. The number of hydrogen-bond acceptors (Lipinski definition) is 6. The lowest BCUT2D eigenvalue weighted by atomic mass is 10.3. The molecular formula is C15H13F3N4O3S2. The number of nitrogens with zero attached hydrogens (tertiary/aromatic N) is 3. The molecule has 7 nitrogen and oxygen atoms in total. The number of nitrogens with one attached hydrogen (secondary N) is 1. The molecule has 1 atom stereocenters. The fraction of sp³-hybridized carbons (Fsp3) is 0.267. The lowest BCUT2D eigenvalue weighted by Crippen LogP contribution is -2.24. The molecule has 1 aromatic carbocycles. The minimum Gasteiger partial charge on any atom is -0.300 e. The van der Waals surface area contributed by atoms with Crippen LogP contribution in [-0.4, -0.2) is 35.3 Å². The summed E-state index contributed by atoms with van der Waals surface area (Å²) in [6.45, 7) is 1.40. The maximum absolute atomic E-state index is 12.6. The van der Waals surface area contributed by atoms with E-state index in [2.05, 4.69) is 15.4 Å². The van der Waals surface area contributed by atoms with E-state index in [4.69, 9.17) is 0 Å². The van der Waals surface area contributed by atoms with Gasteiger partial charge in [0.15, 0.2) is 20.7 Å². The van der Waals surface area contributed by atoms with Crippen LogP contribution in [0.4, 0.5) is 18.3 Å². The van der Waals surface area contributed by atoms with Crippen LogP contribution in [0.5, 0.6) is 0 Å². The highest BCUT2D eigenvalue weighted by Gasteiger charge is 2.34. The van der Waals surface area contributed by atoms with E-state index in [1.165, 1.54) is 25.1 Å². The van der Waals surface area contributed by atoms with Crippen molar-refractivity contribution in [3.63, 3.8) is 0 Å². The number of rotatable bonds is 4. The minimum absolute atomic E-state index is 0.126. The summed E-state index contributed by atoms with van der Waals surface area (Å²) in [5, 5.41) is 6.09. The molecule has 0 saturated heterocycles. The summed E-state index contributed by atoms with van der Waals surface area (Å²) >= 11 is 1.06. The summed E-state index contributed by atoms with van der Waals surface area (Å²) in [5.74, 6) is -0.603. The van der Waals surface area contributed by atoms with Crippen molar-refractivity contribution in [3.05, 3.63) is 36.2 Å². The Bertz CT molecular complexity index is 1120. The van der Waals surface area contributed by atoms with Gasteiger partial charge in [-0.2, -0.15) is 18.3 Å². The van der Waals surface area contributed by atoms with Crippen molar-refractivity contribution in [1.29, 1.82) is 0 Å². The average Bonchev–Trinajstić information content (AvgIpc) is 3.18. The number of carbonyl (C=O) groups is 1. The number of amides is 1. The van der Waals surface area contributed by atoms with Crippen LogP contribution in [0.3, 0.4) is 0 Å². The SMILES string of the molecule is C[C@H](C(=O)Nc1nc2ccc(S(C)(=O)=O)cc2s1)n1ccc(C(F)(F)F)n1. The predicted molar refractivity (Wildman–Crippen MR) is 93.3 cm³/mol. The molecule has 2 aromatic heterocycles. The van der Waals surface area contributed by atoms with Gasteiger partial charge in [-0.15, -0.1) is 0 Å². The number of alkyl halides is 3. The van der Waals surface area contributed by atoms with E-state index in [-0.39, 0.29) is 10.0 Å². The number of carbonyl (C=O) groups excluding carboxylic acids is 1. The lowest BCUT2D eigenvalue weighted by Gasteiger charge is -2.11. The summed E-state index contributed by atoms with van der Waals surface area (Å²) in [7, 11) is -3.38. The van der Waals surface area contributed by atoms with E-state index in [0.717, 1.165) is 34.5 Å². The molecule has 0 spiro atoms. The first-order valence-electron chi connectivity index (χ1n) is 7.49. The molecular weight excluding hydrogens is 405 g/mol. The molecule has 2 heterocycles. The van der Waals surface area contributed by atoms with Crippen LogP contribution in [0.2, 0.25) is 0 Å². The van der Waals surface area contributed by atoms with Gasteiger partial charge in [-0.05, 0) is 31.2 Å². The van der Waals surface area contributed by atoms with Crippen molar-refractivity contribution >= 4 is 42.4 Å². The van der Waals surface area contributed by atoms with Gasteiger partial charge in [0.05, 0.1) is 15.1 Å². The van der Waals surface area contributed by atoms with Crippen LogP contribution in [0.25, 0.3) is 10.2 Å². The van der Waals surface area contributed by atoms with Gasteiger partial charge in [0, 0.05) is 12.5 Å². The molecule has 0 unspecified atom stereocenters. The average molecular weight is 418 g/mol. The van der Waals surface area contributed by atoms with Crippen LogP contribution in [0.1, 0.15) is 18.7 Å². The van der Waals surface area contributed by atoms with Gasteiger partial charge in [0.1, 0.15) is 6.04 Å². The Hall–Kier alpha value is -2.47. The fourth-order valence-electron chi connectivity index (χ4n) is 2.22. The molecule has 27 heavy (non-hydrogen) atoms. The summed E-state index contributed by atoms with van der Waals surface area (Å²) in [6, 6.07) is 4.16. The number of sulfone groups is 1. The number of benzene rings is 1. The molecule has 0 aliphatic carbocycles. The Morgan fingerprint density at radius 1 is 1.30 bits per heavy atom. The fourth-order valence-corrected chi connectivity index (χ4v) is 3.85. The first-order chi connectivity index (χ1) is 12.4. The number of hydrogen-bond donors (Lipinski definition) is 1. The van der Waals surface area contributed by atoms with Crippen LogP contribution >= 0.6 is 11.3 Å². The van der Waals surface area contributed by atoms with Gasteiger partial charge in [0.25, 0.3) is 5.91 Å². The second-order valence-corrected chi connectivity index (χ2v) is 8.81. The van der Waals surface area contributed by atoms with Gasteiger partial charge in [-0.1, -0.05) is 11.3 Å². The first-order valence-corrected chi connectivity index (χ1v) is 10.2. The molecule has 0 aliphatic heterocycles. The van der Waals surface area contributed by atoms with E-state index in [1.54, 1.807) is 0 Å². The van der Waals surface area contributed by atoms with Gasteiger partial charge in [0.2, 0.25) is 0 Å². The van der Waals surface area contributed by atoms with Crippen molar-refractivity contribution in [3.8, 4) is 0 Å².